The lowest BCUT2D eigenvalue weighted by Gasteiger charge is -1.98. The Morgan fingerprint density at radius 2 is 2.13 bits per heavy atom. The first-order valence-electron chi connectivity index (χ1n) is 4.53. The molecule has 0 radical (unpaired) electrons. The minimum absolute atomic E-state index is 0.314. The van der Waals surface area contributed by atoms with Gasteiger partial charge in [0.25, 0.3) is 0 Å². The van der Waals surface area contributed by atoms with Crippen LogP contribution in [0.15, 0.2) is 34.9 Å². The number of hydrogen-bond acceptors (Lipinski definition) is 2. The Labute approximate surface area is 91.7 Å². The third-order valence-electron chi connectivity index (χ3n) is 2.00. The van der Waals surface area contributed by atoms with Crippen LogP contribution in [-0.4, -0.2) is 4.98 Å². The predicted octanol–water partition coefficient (Wildman–Crippen LogP) is 3.78. The summed E-state index contributed by atoms with van der Waals surface area (Å²) in [5.74, 6) is 0.466. The van der Waals surface area contributed by atoms with E-state index >= 15 is 0 Å². The number of alkyl halides is 1. The second-order valence-corrected chi connectivity index (χ2v) is 3.81. The van der Waals surface area contributed by atoms with Crippen molar-refractivity contribution in [2.45, 2.75) is 12.3 Å². The molecule has 4 heteroatoms. The van der Waals surface area contributed by atoms with E-state index in [1.165, 1.54) is 12.3 Å². The Balaban J connectivity index is 2.42. The van der Waals surface area contributed by atoms with Gasteiger partial charge in [0.2, 0.25) is 5.89 Å². The molecule has 0 spiro atoms. The third-order valence-corrected chi connectivity index (χ3v) is 2.19. The Morgan fingerprint density at radius 3 is 2.73 bits per heavy atom. The zero-order valence-corrected chi connectivity index (χ0v) is 8.83. The zero-order valence-electron chi connectivity index (χ0n) is 8.08. The van der Waals surface area contributed by atoms with Crippen molar-refractivity contribution in [1.82, 2.24) is 4.98 Å². The maximum atomic E-state index is 13.4. The molecular formula is C11H9ClFNO. The molecule has 0 saturated carbocycles. The number of nitrogens with zero attached hydrogens (tertiary/aromatic N) is 1. The zero-order chi connectivity index (χ0) is 10.8. The Kier molecular flexibility index (Phi) is 2.73. The highest BCUT2D eigenvalue weighted by molar-refractivity contribution is 6.20. The number of halogens is 2. The van der Waals surface area contributed by atoms with Gasteiger partial charge >= 0.3 is 0 Å². The summed E-state index contributed by atoms with van der Waals surface area (Å²) in [6.45, 7) is 1.75. The van der Waals surface area contributed by atoms with Crippen molar-refractivity contribution < 1.29 is 8.81 Å². The van der Waals surface area contributed by atoms with E-state index in [1.54, 1.807) is 25.1 Å². The summed E-state index contributed by atoms with van der Waals surface area (Å²) in [7, 11) is 0. The topological polar surface area (TPSA) is 26.0 Å². The van der Waals surface area contributed by atoms with Crippen molar-refractivity contribution in [2.24, 2.45) is 0 Å². The molecule has 0 aliphatic rings. The van der Waals surface area contributed by atoms with E-state index in [1.807, 2.05) is 0 Å². The van der Waals surface area contributed by atoms with Gasteiger partial charge < -0.3 is 4.42 Å². The number of rotatable bonds is 2. The van der Waals surface area contributed by atoms with E-state index in [0.717, 1.165) is 0 Å². The van der Waals surface area contributed by atoms with Crippen LogP contribution in [0, 0.1) is 5.82 Å². The largest absolute Gasteiger partial charge is 0.439 e. The van der Waals surface area contributed by atoms with Gasteiger partial charge in [-0.05, 0) is 19.1 Å². The lowest BCUT2D eigenvalue weighted by atomic mass is 10.2. The molecule has 15 heavy (non-hydrogen) atoms. The van der Waals surface area contributed by atoms with Crippen LogP contribution in [0.5, 0.6) is 0 Å². The molecular weight excluding hydrogens is 217 g/mol. The Morgan fingerprint density at radius 1 is 1.40 bits per heavy atom. The van der Waals surface area contributed by atoms with E-state index in [2.05, 4.69) is 4.98 Å². The van der Waals surface area contributed by atoms with Gasteiger partial charge in [0.05, 0.1) is 11.8 Å². The molecule has 1 unspecified atom stereocenters. The fraction of sp³-hybridized carbons (Fsp3) is 0.182. The van der Waals surface area contributed by atoms with Crippen molar-refractivity contribution in [2.75, 3.05) is 0 Å². The van der Waals surface area contributed by atoms with Gasteiger partial charge in [-0.1, -0.05) is 12.1 Å². The first kappa shape index (κ1) is 10.2. The third kappa shape index (κ3) is 2.02. The molecule has 0 N–H and O–H groups in total. The Hall–Kier alpha value is -1.35. The van der Waals surface area contributed by atoms with Crippen LogP contribution in [0.25, 0.3) is 11.3 Å². The molecule has 1 aromatic carbocycles. The number of hydrogen-bond donors (Lipinski definition) is 0. The maximum Gasteiger partial charge on any atom is 0.212 e. The Bertz CT molecular complexity index is 467. The number of aromatic nitrogens is 1. The highest BCUT2D eigenvalue weighted by atomic mass is 35.5. The molecule has 2 rings (SSSR count). The number of oxazole rings is 1. The fourth-order valence-electron chi connectivity index (χ4n) is 1.26. The average molecular weight is 226 g/mol. The van der Waals surface area contributed by atoms with Crippen LogP contribution in [0.2, 0.25) is 0 Å². The van der Waals surface area contributed by atoms with Crippen LogP contribution < -0.4 is 0 Å². The van der Waals surface area contributed by atoms with Gasteiger partial charge in [-0.15, -0.1) is 11.6 Å². The van der Waals surface area contributed by atoms with Crippen molar-refractivity contribution in [3.05, 3.63) is 42.2 Å². The van der Waals surface area contributed by atoms with Gasteiger partial charge in [0.15, 0.2) is 5.76 Å². The molecule has 2 aromatic rings. The molecule has 0 saturated heterocycles. The lowest BCUT2D eigenvalue weighted by molar-refractivity contribution is 0.504. The molecule has 0 bridgehead atoms. The first-order chi connectivity index (χ1) is 7.18. The van der Waals surface area contributed by atoms with Crippen LogP contribution in [0.1, 0.15) is 18.2 Å². The van der Waals surface area contributed by atoms with E-state index in [0.29, 0.717) is 17.2 Å². The molecule has 1 heterocycles. The number of benzene rings is 1. The quantitative estimate of drug-likeness (QED) is 0.727. The predicted molar refractivity (Wildman–Crippen MR) is 56.2 cm³/mol. The minimum atomic E-state index is -0.331. The fourth-order valence-corrected chi connectivity index (χ4v) is 1.36. The van der Waals surface area contributed by atoms with Gasteiger partial charge in [-0.25, -0.2) is 9.37 Å². The molecule has 1 aromatic heterocycles. The van der Waals surface area contributed by atoms with Gasteiger partial charge in [0.1, 0.15) is 11.2 Å². The van der Waals surface area contributed by atoms with Crippen LogP contribution in [0.3, 0.4) is 0 Å². The van der Waals surface area contributed by atoms with Crippen molar-refractivity contribution in [3.63, 3.8) is 0 Å². The molecule has 0 amide bonds. The molecule has 1 atom stereocenters. The monoisotopic (exact) mass is 225 g/mol. The molecule has 2 nitrogen and oxygen atoms in total. The maximum absolute atomic E-state index is 13.4. The molecule has 0 aliphatic carbocycles. The van der Waals surface area contributed by atoms with E-state index in [9.17, 15) is 4.39 Å². The summed E-state index contributed by atoms with van der Waals surface area (Å²) in [6.07, 6.45) is 1.48. The summed E-state index contributed by atoms with van der Waals surface area (Å²) in [4.78, 5) is 3.97. The first-order valence-corrected chi connectivity index (χ1v) is 4.97. The second kappa shape index (κ2) is 4.03. The van der Waals surface area contributed by atoms with E-state index in [4.69, 9.17) is 16.0 Å². The molecule has 78 valence electrons. The summed E-state index contributed by atoms with van der Waals surface area (Å²) in [5, 5.41) is -0.314. The minimum Gasteiger partial charge on any atom is -0.439 e. The summed E-state index contributed by atoms with van der Waals surface area (Å²) in [6, 6.07) is 6.38. The van der Waals surface area contributed by atoms with Crippen LogP contribution in [0.4, 0.5) is 4.39 Å². The van der Waals surface area contributed by atoms with Gasteiger partial charge in [0, 0.05) is 0 Å². The lowest BCUT2D eigenvalue weighted by Crippen LogP contribution is -1.82. The summed E-state index contributed by atoms with van der Waals surface area (Å²) < 4.78 is 18.7. The SMILES string of the molecule is CC(Cl)c1ncc(-c2ccccc2F)o1. The van der Waals surface area contributed by atoms with Crippen LogP contribution >= 0.6 is 11.6 Å². The summed E-state index contributed by atoms with van der Waals surface area (Å²) in [5.41, 5.74) is 0.397. The highest BCUT2D eigenvalue weighted by Crippen LogP contribution is 2.27. The van der Waals surface area contributed by atoms with E-state index in [-0.39, 0.29) is 11.2 Å². The van der Waals surface area contributed by atoms with Crippen molar-refractivity contribution >= 4 is 11.6 Å². The van der Waals surface area contributed by atoms with Crippen molar-refractivity contribution in [3.8, 4) is 11.3 Å². The van der Waals surface area contributed by atoms with E-state index < -0.39 is 0 Å². The molecule has 0 aliphatic heterocycles. The standard InChI is InChI=1S/C11H9ClFNO/c1-7(12)11-14-6-10(15-11)8-4-2-3-5-9(8)13/h2-7H,1H3. The smallest absolute Gasteiger partial charge is 0.212 e. The van der Waals surface area contributed by atoms with Crippen molar-refractivity contribution in [1.29, 1.82) is 0 Å². The molecule has 0 fully saturated rings. The van der Waals surface area contributed by atoms with Gasteiger partial charge in [-0.2, -0.15) is 0 Å². The average Bonchev–Trinajstić information content (AvgIpc) is 2.67. The normalized spacial score (nSPS) is 12.7. The highest BCUT2D eigenvalue weighted by Gasteiger charge is 2.12. The van der Waals surface area contributed by atoms with Crippen LogP contribution in [-0.2, 0) is 0 Å². The van der Waals surface area contributed by atoms with Gasteiger partial charge in [-0.3, -0.25) is 0 Å². The second-order valence-electron chi connectivity index (χ2n) is 3.16. The summed E-state index contributed by atoms with van der Waals surface area (Å²) >= 11 is 5.79.